The summed E-state index contributed by atoms with van der Waals surface area (Å²) in [6, 6.07) is 57.0. The minimum absolute atomic E-state index is 0.0268. The van der Waals surface area contributed by atoms with E-state index in [-0.39, 0.29) is 18.0 Å². The normalized spacial score (nSPS) is 21.2. The Morgan fingerprint density at radius 1 is 0.812 bits per heavy atom. The number of pyridine rings is 1. The molecule has 3 aliphatic carbocycles. The summed E-state index contributed by atoms with van der Waals surface area (Å²) in [6.45, 7) is 6.87. The quantitative estimate of drug-likeness (QED) is 0.163. The third kappa shape index (κ3) is 5.98. The van der Waals surface area contributed by atoms with Gasteiger partial charge >= 0.3 is 0 Å². The van der Waals surface area contributed by atoms with Crippen LogP contribution in [0.3, 0.4) is 0 Å². The van der Waals surface area contributed by atoms with Gasteiger partial charge in [0.1, 0.15) is 5.36 Å². The van der Waals surface area contributed by atoms with Crippen molar-refractivity contribution in [1.82, 2.24) is 4.98 Å². The van der Waals surface area contributed by atoms with Crippen LogP contribution >= 0.6 is 0 Å². The molecule has 3 nitrogen and oxygen atoms in total. The zero-order chi connectivity index (χ0) is 42.8. The van der Waals surface area contributed by atoms with E-state index in [0.29, 0.717) is 0 Å². The van der Waals surface area contributed by atoms with E-state index in [1.165, 1.54) is 66.8 Å². The highest BCUT2D eigenvalue weighted by atomic mass is 14.9. The number of aromatic nitrogens is 1. The van der Waals surface area contributed by atoms with Crippen molar-refractivity contribution in [1.29, 1.82) is 0 Å². The Morgan fingerprint density at radius 2 is 1.62 bits per heavy atom. The van der Waals surface area contributed by atoms with E-state index in [9.17, 15) is 0 Å². The van der Waals surface area contributed by atoms with Gasteiger partial charge in [0.2, 0.25) is 0 Å². The van der Waals surface area contributed by atoms with E-state index in [0.717, 1.165) is 51.3 Å². The number of benzene rings is 5. The van der Waals surface area contributed by atoms with Crippen molar-refractivity contribution in [2.24, 2.45) is 10.9 Å². The molecule has 3 heteroatoms. The van der Waals surface area contributed by atoms with Gasteiger partial charge in [0.15, 0.2) is 0 Å². The minimum atomic E-state index is -0.568. The molecule has 7 aromatic rings. The first-order valence-electron chi connectivity index (χ1n) is 22.4. The van der Waals surface area contributed by atoms with Crippen LogP contribution in [0, 0.1) is 18.1 Å². The molecule has 4 atom stereocenters. The second-order valence-corrected chi connectivity index (χ2v) is 17.4. The zero-order valence-corrected chi connectivity index (χ0v) is 35.7. The lowest BCUT2D eigenvalue weighted by Crippen LogP contribution is -2.37. The van der Waals surface area contributed by atoms with E-state index < -0.39 is 5.41 Å². The lowest BCUT2D eigenvalue weighted by molar-refractivity contribution is 0.601. The SMILES string of the molecule is C=C(/C=C\C=C/C)C1(c2ccccc2)C2=CC3=c4ccc#cc4=NC(c4ccc5c(c4)CCC(c4ccc6ccc7c(c6n4)NC(c4ccccc4)C=C7)=C5)[C@H]3C=C2c2ccccc21. The molecule has 0 bridgehead atoms. The average molecular weight is 820 g/mol. The average Bonchev–Trinajstić information content (AvgIpc) is 3.65. The smallest absolute Gasteiger partial charge is 0.116 e. The number of nitrogens with zero attached hydrogens (tertiary/aromatic N) is 2. The van der Waals surface area contributed by atoms with Crippen LogP contribution in [-0.2, 0) is 11.8 Å². The fourth-order valence-corrected chi connectivity index (χ4v) is 10.9. The van der Waals surface area contributed by atoms with Crippen molar-refractivity contribution in [3.8, 4) is 0 Å². The van der Waals surface area contributed by atoms with E-state index >= 15 is 0 Å². The second-order valence-electron chi connectivity index (χ2n) is 17.4. The number of hydrogen-bond acceptors (Lipinski definition) is 3. The first-order valence-corrected chi connectivity index (χ1v) is 22.4. The van der Waals surface area contributed by atoms with Crippen molar-refractivity contribution in [3.63, 3.8) is 0 Å². The van der Waals surface area contributed by atoms with Crippen LogP contribution in [-0.4, -0.2) is 4.98 Å². The molecule has 0 saturated heterocycles. The number of hydrogen-bond donors (Lipinski definition) is 1. The molecule has 6 aromatic carbocycles. The third-order valence-corrected chi connectivity index (χ3v) is 14.0. The first-order chi connectivity index (χ1) is 31.6. The molecule has 2 aliphatic heterocycles. The van der Waals surface area contributed by atoms with Gasteiger partial charge in [-0.25, -0.2) is 4.98 Å². The maximum Gasteiger partial charge on any atom is 0.116 e. The third-order valence-electron chi connectivity index (χ3n) is 14.0. The Bertz CT molecular complexity index is 3400. The van der Waals surface area contributed by atoms with Crippen LogP contribution in [0.4, 0.5) is 5.69 Å². The summed E-state index contributed by atoms with van der Waals surface area (Å²) < 4.78 is 0. The standard InChI is InChI=1S/C61H45N3/c1-3-4-7-16-39(2)61(47-19-10-6-11-20-47)53-23-14-12-21-48(53)51-37-52-50(38-54(51)61)49-22-13-15-24-57(49)64-58(52)46-30-28-43-35-45(29-27-44(43)36-46)56-34-32-42-26-25-41-31-33-55(40-17-8-5-9-18-40)62-59(41)60(42)63-56/h3-14,16-23,25-26,28,30-38,52,55,58,62H,2,27,29H2,1H3/b4-3-,16-7-/t52-,55?,58?,61?/m0/s1. The molecule has 64 heavy (non-hydrogen) atoms. The van der Waals surface area contributed by atoms with Gasteiger partial charge in [-0.05, 0) is 122 Å². The minimum Gasteiger partial charge on any atom is -0.372 e. The monoisotopic (exact) mass is 819 g/mol. The Hall–Kier alpha value is -7.80. The van der Waals surface area contributed by atoms with Crippen LogP contribution in [0.1, 0.15) is 75.6 Å². The highest BCUT2D eigenvalue weighted by molar-refractivity contribution is 6.00. The summed E-state index contributed by atoms with van der Waals surface area (Å²) in [5.74, 6) is 0.0268. The van der Waals surface area contributed by atoms with E-state index in [1.807, 2.05) is 13.0 Å². The molecule has 12 rings (SSSR count). The summed E-state index contributed by atoms with van der Waals surface area (Å²) >= 11 is 0. The van der Waals surface area contributed by atoms with E-state index in [2.05, 4.69) is 206 Å². The summed E-state index contributed by atoms with van der Waals surface area (Å²) in [7, 11) is 0. The Balaban J connectivity index is 0.931. The highest BCUT2D eigenvalue weighted by Gasteiger charge is 2.50. The van der Waals surface area contributed by atoms with Gasteiger partial charge in [-0.2, -0.15) is 0 Å². The summed E-state index contributed by atoms with van der Waals surface area (Å²) in [5, 5.41) is 6.93. The van der Waals surface area contributed by atoms with Crippen molar-refractivity contribution in [3.05, 3.63) is 273 Å². The predicted octanol–water partition coefficient (Wildman–Crippen LogP) is 12.7. The van der Waals surface area contributed by atoms with Crippen molar-refractivity contribution < 1.29 is 0 Å². The van der Waals surface area contributed by atoms with Crippen LogP contribution in [0.2, 0.25) is 0 Å². The van der Waals surface area contributed by atoms with Crippen LogP contribution in [0.15, 0.2) is 205 Å². The molecule has 5 aliphatic rings. The number of allylic oxidation sites excluding steroid dienone is 9. The van der Waals surface area contributed by atoms with Crippen molar-refractivity contribution in [2.75, 3.05) is 5.32 Å². The molecule has 0 fully saturated rings. The summed E-state index contributed by atoms with van der Waals surface area (Å²) in [6.07, 6.45) is 22.1. The Labute approximate surface area is 375 Å². The van der Waals surface area contributed by atoms with Gasteiger partial charge in [-0.15, -0.1) is 0 Å². The second kappa shape index (κ2) is 15.2. The van der Waals surface area contributed by atoms with Gasteiger partial charge in [0, 0.05) is 16.5 Å². The van der Waals surface area contributed by atoms with Crippen LogP contribution in [0.5, 0.6) is 0 Å². The maximum absolute atomic E-state index is 5.50. The van der Waals surface area contributed by atoms with E-state index in [4.69, 9.17) is 16.6 Å². The lowest BCUT2D eigenvalue weighted by atomic mass is 9.65. The molecular weight excluding hydrogens is 775 g/mol. The maximum atomic E-state index is 5.50. The highest BCUT2D eigenvalue weighted by Crippen LogP contribution is 2.60. The van der Waals surface area contributed by atoms with Crippen molar-refractivity contribution in [2.45, 2.75) is 37.3 Å². The fourth-order valence-electron chi connectivity index (χ4n) is 10.9. The molecule has 1 N–H and O–H groups in total. The summed E-state index contributed by atoms with van der Waals surface area (Å²) in [4.78, 5) is 10.9. The predicted molar refractivity (Wildman–Crippen MR) is 264 cm³/mol. The van der Waals surface area contributed by atoms with Gasteiger partial charge in [-0.3, -0.25) is 4.99 Å². The molecule has 3 unspecified atom stereocenters. The Morgan fingerprint density at radius 3 is 2.50 bits per heavy atom. The number of rotatable bonds is 7. The molecule has 0 saturated carbocycles. The Kier molecular flexibility index (Phi) is 9.02. The topological polar surface area (TPSA) is 37.3 Å². The van der Waals surface area contributed by atoms with Crippen molar-refractivity contribution >= 4 is 45.5 Å². The molecule has 304 valence electrons. The van der Waals surface area contributed by atoms with E-state index in [1.54, 1.807) is 0 Å². The van der Waals surface area contributed by atoms with Gasteiger partial charge in [0.05, 0.1) is 34.4 Å². The zero-order valence-electron chi connectivity index (χ0n) is 35.7. The summed E-state index contributed by atoms with van der Waals surface area (Å²) in [5.41, 5.74) is 18.6. The first kappa shape index (κ1) is 37.9. The molecule has 3 heterocycles. The largest absolute Gasteiger partial charge is 0.372 e. The van der Waals surface area contributed by atoms with Crippen LogP contribution < -0.4 is 15.9 Å². The lowest BCUT2D eigenvalue weighted by Gasteiger charge is -2.37. The molecular formula is C61H45N3. The molecule has 0 amide bonds. The van der Waals surface area contributed by atoms with Gasteiger partial charge < -0.3 is 5.32 Å². The van der Waals surface area contributed by atoms with Gasteiger partial charge in [0.25, 0.3) is 0 Å². The molecule has 0 radical (unpaired) electrons. The number of fused-ring (bicyclic) bond motifs is 9. The number of anilines is 1. The molecule has 1 aromatic heterocycles. The molecule has 0 spiro atoms. The van der Waals surface area contributed by atoms with Gasteiger partial charge in [-0.1, -0.05) is 183 Å². The fraction of sp³-hybridized carbons (Fsp3) is 0.115. The number of aryl methyl sites for hydroxylation is 1. The van der Waals surface area contributed by atoms with Crippen LogP contribution in [0.25, 0.3) is 39.8 Å². The number of nitrogens with one attached hydrogen (secondary N) is 1.